The molecular formula is C35H65N2O9P. The van der Waals surface area contributed by atoms with Gasteiger partial charge in [-0.1, -0.05) is 78.2 Å². The van der Waals surface area contributed by atoms with Crippen molar-refractivity contribution in [1.29, 1.82) is 0 Å². The van der Waals surface area contributed by atoms with E-state index in [2.05, 4.69) is 19.2 Å². The Labute approximate surface area is 284 Å². The molecule has 0 aromatic carbocycles. The lowest BCUT2D eigenvalue weighted by Crippen LogP contribution is -2.37. The van der Waals surface area contributed by atoms with Crippen molar-refractivity contribution >= 4 is 31.3 Å². The standard InChI is InChI=1S/C35H65N2O9P/c1-11-43-47(42,44-12-2)26-31(38)37(10)25-33(40)45-30(22-20-18-16-14-13-15-17-19-21-27(3)4)28(5)23-29(6)34(41)36-24-32(39)46-35(7,8)9/h23,27-28,30H,11-22,24-26H2,1-10H3,(H,36,41)/b29-23+/t28-,30+/m0/s1. The molecule has 0 saturated heterocycles. The van der Waals surface area contributed by atoms with E-state index in [1.54, 1.807) is 47.6 Å². The second-order valence-corrected chi connectivity index (χ2v) is 15.7. The highest BCUT2D eigenvalue weighted by Crippen LogP contribution is 2.47. The minimum absolute atomic E-state index is 0.125. The summed E-state index contributed by atoms with van der Waals surface area (Å²) < 4.78 is 34.3. The highest BCUT2D eigenvalue weighted by Gasteiger charge is 2.30. The molecule has 0 spiro atoms. The van der Waals surface area contributed by atoms with Crippen LogP contribution in [-0.4, -0.2) is 79.9 Å². The third kappa shape index (κ3) is 22.9. The van der Waals surface area contributed by atoms with Crippen LogP contribution in [0.15, 0.2) is 11.6 Å². The Kier molecular flexibility index (Phi) is 22.9. The fourth-order valence-electron chi connectivity index (χ4n) is 4.93. The molecule has 0 aliphatic heterocycles. The summed E-state index contributed by atoms with van der Waals surface area (Å²) in [5, 5.41) is 2.58. The topological polar surface area (TPSA) is 138 Å². The Bertz CT molecular complexity index is 1010. The number of ether oxygens (including phenoxy) is 2. The number of likely N-dealkylation sites (N-methyl/N-ethyl adjacent to an activating group) is 1. The van der Waals surface area contributed by atoms with Crippen LogP contribution in [0.5, 0.6) is 0 Å². The normalized spacial score (nSPS) is 13.6. The van der Waals surface area contributed by atoms with Gasteiger partial charge in [0.2, 0.25) is 11.8 Å². The van der Waals surface area contributed by atoms with Crippen molar-refractivity contribution in [3.63, 3.8) is 0 Å². The zero-order valence-electron chi connectivity index (χ0n) is 31.0. The van der Waals surface area contributed by atoms with Crippen LogP contribution in [0.25, 0.3) is 0 Å². The molecule has 0 aromatic heterocycles. The van der Waals surface area contributed by atoms with E-state index in [0.29, 0.717) is 12.0 Å². The van der Waals surface area contributed by atoms with E-state index in [9.17, 15) is 23.7 Å². The van der Waals surface area contributed by atoms with Gasteiger partial charge in [0, 0.05) is 18.5 Å². The van der Waals surface area contributed by atoms with Gasteiger partial charge in [-0.3, -0.25) is 23.7 Å². The molecule has 12 heteroatoms. The van der Waals surface area contributed by atoms with Crippen LogP contribution in [0.2, 0.25) is 0 Å². The number of nitrogens with zero attached hydrogens (tertiary/aromatic N) is 1. The van der Waals surface area contributed by atoms with Crippen LogP contribution in [0.4, 0.5) is 0 Å². The maximum atomic E-state index is 13.0. The molecule has 0 heterocycles. The molecule has 0 unspecified atom stereocenters. The first-order valence-electron chi connectivity index (χ1n) is 17.4. The van der Waals surface area contributed by atoms with Gasteiger partial charge in [-0.2, -0.15) is 0 Å². The number of esters is 2. The van der Waals surface area contributed by atoms with Crippen LogP contribution in [-0.2, 0) is 42.3 Å². The molecule has 1 N–H and O–H groups in total. The SMILES string of the molecule is CCOP(=O)(CC(=O)N(C)CC(=O)O[C@H](CCCCCCCCCCC(C)C)[C@@H](C)/C=C(\C)C(=O)NCC(=O)OC(C)(C)C)OCC. The minimum atomic E-state index is -3.62. The third-order valence-electron chi connectivity index (χ3n) is 7.35. The van der Waals surface area contributed by atoms with Crippen molar-refractivity contribution in [2.24, 2.45) is 11.8 Å². The Morgan fingerprint density at radius 1 is 0.830 bits per heavy atom. The van der Waals surface area contributed by atoms with E-state index in [0.717, 1.165) is 30.1 Å². The lowest BCUT2D eigenvalue weighted by Gasteiger charge is -2.25. The summed E-state index contributed by atoms with van der Waals surface area (Å²) >= 11 is 0. The van der Waals surface area contributed by atoms with E-state index >= 15 is 0 Å². The molecule has 0 fully saturated rings. The van der Waals surface area contributed by atoms with Gasteiger partial charge in [-0.15, -0.1) is 0 Å². The molecular weight excluding hydrogens is 623 g/mol. The van der Waals surface area contributed by atoms with Gasteiger partial charge in [0.25, 0.3) is 0 Å². The Morgan fingerprint density at radius 3 is 1.83 bits per heavy atom. The summed E-state index contributed by atoms with van der Waals surface area (Å²) in [7, 11) is -2.18. The molecule has 2 amide bonds. The highest BCUT2D eigenvalue weighted by molar-refractivity contribution is 7.54. The van der Waals surface area contributed by atoms with Crippen molar-refractivity contribution in [3.8, 4) is 0 Å². The number of hydrogen-bond donors (Lipinski definition) is 1. The van der Waals surface area contributed by atoms with Gasteiger partial charge in [0.15, 0.2) is 0 Å². The van der Waals surface area contributed by atoms with Gasteiger partial charge >= 0.3 is 19.5 Å². The highest BCUT2D eigenvalue weighted by atomic mass is 31.2. The number of rotatable bonds is 25. The Balaban J connectivity index is 5.30. The van der Waals surface area contributed by atoms with Crippen LogP contribution in [0.3, 0.4) is 0 Å². The second-order valence-electron chi connectivity index (χ2n) is 13.7. The number of unbranched alkanes of at least 4 members (excludes halogenated alkanes) is 7. The lowest BCUT2D eigenvalue weighted by atomic mass is 9.95. The number of carbonyl (C=O) groups is 4. The average Bonchev–Trinajstić information content (AvgIpc) is 2.95. The summed E-state index contributed by atoms with van der Waals surface area (Å²) in [4.78, 5) is 51.6. The van der Waals surface area contributed by atoms with Crippen molar-refractivity contribution in [3.05, 3.63) is 11.6 Å². The molecule has 0 radical (unpaired) electrons. The molecule has 47 heavy (non-hydrogen) atoms. The van der Waals surface area contributed by atoms with Gasteiger partial charge in [-0.05, 0) is 60.3 Å². The molecule has 0 aliphatic carbocycles. The number of nitrogens with one attached hydrogen (secondary N) is 1. The molecule has 0 aromatic rings. The molecule has 0 saturated carbocycles. The quantitative estimate of drug-likeness (QED) is 0.0456. The van der Waals surface area contributed by atoms with E-state index in [1.807, 2.05) is 6.92 Å². The van der Waals surface area contributed by atoms with Crippen LogP contribution < -0.4 is 5.32 Å². The second kappa shape index (κ2) is 24.0. The van der Waals surface area contributed by atoms with Gasteiger partial charge in [0.1, 0.15) is 31.0 Å². The first-order valence-corrected chi connectivity index (χ1v) is 19.2. The predicted octanol–water partition coefficient (Wildman–Crippen LogP) is 7.22. The van der Waals surface area contributed by atoms with Gasteiger partial charge in [-0.25, -0.2) is 0 Å². The summed E-state index contributed by atoms with van der Waals surface area (Å²) in [5.74, 6) is -1.68. The zero-order chi connectivity index (χ0) is 36.0. The van der Waals surface area contributed by atoms with E-state index in [1.165, 1.54) is 45.6 Å². The van der Waals surface area contributed by atoms with Crippen molar-refractivity contribution in [2.45, 2.75) is 138 Å². The number of carbonyl (C=O) groups excluding carboxylic acids is 4. The molecule has 0 rings (SSSR count). The number of amides is 2. The Hall–Kier alpha value is -2.23. The molecule has 0 aliphatic rings. The monoisotopic (exact) mass is 688 g/mol. The van der Waals surface area contributed by atoms with Gasteiger partial charge in [0.05, 0.1) is 13.2 Å². The summed E-state index contributed by atoms with van der Waals surface area (Å²) in [6.45, 7) is 16.3. The van der Waals surface area contributed by atoms with Crippen molar-refractivity contribution in [2.75, 3.05) is 39.5 Å². The lowest BCUT2D eigenvalue weighted by molar-refractivity contribution is -0.155. The number of hydrogen-bond acceptors (Lipinski definition) is 9. The van der Waals surface area contributed by atoms with E-state index in [4.69, 9.17) is 18.5 Å². The third-order valence-corrected chi connectivity index (χ3v) is 9.31. The maximum Gasteiger partial charge on any atom is 0.340 e. The fraction of sp³-hybridized carbons (Fsp3) is 0.829. The van der Waals surface area contributed by atoms with E-state index < -0.39 is 49.2 Å². The molecule has 0 bridgehead atoms. The largest absolute Gasteiger partial charge is 0.460 e. The molecule has 2 atom stereocenters. The van der Waals surface area contributed by atoms with Crippen molar-refractivity contribution in [1.82, 2.24) is 10.2 Å². The Morgan fingerprint density at radius 2 is 1.34 bits per heavy atom. The van der Waals surface area contributed by atoms with Gasteiger partial charge < -0.3 is 28.7 Å². The van der Waals surface area contributed by atoms with Crippen LogP contribution in [0, 0.1) is 11.8 Å². The summed E-state index contributed by atoms with van der Waals surface area (Å²) in [6.07, 6.45) is 11.7. The first-order chi connectivity index (χ1) is 21.9. The first kappa shape index (κ1) is 44.8. The average molecular weight is 689 g/mol. The molecule has 274 valence electrons. The summed E-state index contributed by atoms with van der Waals surface area (Å²) in [6, 6.07) is 0. The minimum Gasteiger partial charge on any atom is -0.460 e. The maximum absolute atomic E-state index is 13.0. The van der Waals surface area contributed by atoms with E-state index in [-0.39, 0.29) is 32.2 Å². The van der Waals surface area contributed by atoms with Crippen LogP contribution >= 0.6 is 7.60 Å². The van der Waals surface area contributed by atoms with Crippen molar-refractivity contribution < 1.29 is 42.3 Å². The summed E-state index contributed by atoms with van der Waals surface area (Å²) in [5.41, 5.74) is -0.272. The fourth-order valence-corrected chi connectivity index (χ4v) is 6.55. The smallest absolute Gasteiger partial charge is 0.340 e. The predicted molar refractivity (Wildman–Crippen MR) is 186 cm³/mol. The molecule has 11 nitrogen and oxygen atoms in total. The van der Waals surface area contributed by atoms with Crippen LogP contribution in [0.1, 0.15) is 127 Å². The zero-order valence-corrected chi connectivity index (χ0v) is 31.9.